The van der Waals surface area contributed by atoms with Crippen molar-refractivity contribution in [1.29, 1.82) is 0 Å². The van der Waals surface area contributed by atoms with Gasteiger partial charge < -0.3 is 14.7 Å². The SMILES string of the molecule is O=C(O)N(c1cc(N2CCOCC2)nc(-c2nc(C(F)F)cs2)n1)C1CCC(F)(F)CC1. The second-order valence-corrected chi connectivity index (χ2v) is 8.48. The van der Waals surface area contributed by atoms with Gasteiger partial charge in [0, 0.05) is 43.4 Å². The molecular formula is C19H21F4N5O3S. The molecule has 1 aliphatic carbocycles. The van der Waals surface area contributed by atoms with Gasteiger partial charge in [-0.25, -0.2) is 37.3 Å². The van der Waals surface area contributed by atoms with Gasteiger partial charge in [0.1, 0.15) is 17.3 Å². The van der Waals surface area contributed by atoms with Crippen LogP contribution >= 0.6 is 11.3 Å². The summed E-state index contributed by atoms with van der Waals surface area (Å²) >= 11 is 0.926. The molecule has 174 valence electrons. The van der Waals surface area contributed by atoms with Crippen molar-refractivity contribution in [3.05, 3.63) is 17.1 Å². The van der Waals surface area contributed by atoms with Gasteiger partial charge in [0.2, 0.25) is 5.92 Å². The molecule has 0 atom stereocenters. The lowest BCUT2D eigenvalue weighted by molar-refractivity contribution is -0.0379. The first kappa shape index (κ1) is 22.6. The van der Waals surface area contributed by atoms with Crippen LogP contribution in [0.4, 0.5) is 34.0 Å². The third-order valence-electron chi connectivity index (χ3n) is 5.48. The van der Waals surface area contributed by atoms with E-state index < -0.39 is 43.0 Å². The molecule has 0 unspecified atom stereocenters. The number of rotatable bonds is 5. The van der Waals surface area contributed by atoms with Crippen molar-refractivity contribution in [1.82, 2.24) is 15.0 Å². The van der Waals surface area contributed by atoms with Gasteiger partial charge in [-0.15, -0.1) is 11.3 Å². The van der Waals surface area contributed by atoms with Crippen molar-refractivity contribution in [2.75, 3.05) is 36.1 Å². The second kappa shape index (κ2) is 9.14. The van der Waals surface area contributed by atoms with E-state index in [1.807, 2.05) is 4.90 Å². The van der Waals surface area contributed by atoms with Crippen LogP contribution in [0.15, 0.2) is 11.4 Å². The van der Waals surface area contributed by atoms with Crippen molar-refractivity contribution in [3.63, 3.8) is 0 Å². The fourth-order valence-corrected chi connectivity index (χ4v) is 4.55. The summed E-state index contributed by atoms with van der Waals surface area (Å²) in [6.07, 6.45) is -4.96. The molecule has 8 nitrogen and oxygen atoms in total. The van der Waals surface area contributed by atoms with E-state index in [9.17, 15) is 27.5 Å². The zero-order valence-corrected chi connectivity index (χ0v) is 17.7. The van der Waals surface area contributed by atoms with Crippen LogP contribution in [-0.2, 0) is 4.74 Å². The molecule has 2 aromatic rings. The van der Waals surface area contributed by atoms with E-state index >= 15 is 0 Å². The second-order valence-electron chi connectivity index (χ2n) is 7.63. The van der Waals surface area contributed by atoms with E-state index in [4.69, 9.17) is 4.74 Å². The molecule has 0 aromatic carbocycles. The predicted molar refractivity (Wildman–Crippen MR) is 109 cm³/mol. The Morgan fingerprint density at radius 1 is 1.22 bits per heavy atom. The van der Waals surface area contributed by atoms with Gasteiger partial charge in [-0.2, -0.15) is 0 Å². The van der Waals surface area contributed by atoms with Crippen molar-refractivity contribution in [2.24, 2.45) is 0 Å². The number of carboxylic acid groups (broad SMARTS) is 1. The standard InChI is InChI=1S/C19H21F4N5O3S/c20-15(21)12-10-32-17(24-12)16-25-13(27-5-7-31-8-6-27)9-14(26-16)28(18(29)30)11-1-3-19(22,23)4-2-11/h9-11,15H,1-8H2,(H,29,30). The lowest BCUT2D eigenvalue weighted by Crippen LogP contribution is -2.44. The predicted octanol–water partition coefficient (Wildman–Crippen LogP) is 4.44. The number of carbonyl (C=O) groups is 1. The number of anilines is 2. The number of hydrogen-bond acceptors (Lipinski definition) is 7. The number of morpholine rings is 1. The number of amides is 1. The van der Waals surface area contributed by atoms with Gasteiger partial charge in [-0.05, 0) is 12.8 Å². The van der Waals surface area contributed by atoms with Crippen LogP contribution in [0.3, 0.4) is 0 Å². The molecule has 1 saturated carbocycles. The first-order valence-electron chi connectivity index (χ1n) is 10.1. The summed E-state index contributed by atoms with van der Waals surface area (Å²) in [6.45, 7) is 1.89. The molecule has 13 heteroatoms. The van der Waals surface area contributed by atoms with E-state index in [0.29, 0.717) is 32.1 Å². The van der Waals surface area contributed by atoms with Gasteiger partial charge in [-0.3, -0.25) is 4.90 Å². The van der Waals surface area contributed by atoms with Crippen molar-refractivity contribution < 1.29 is 32.2 Å². The number of hydrogen-bond donors (Lipinski definition) is 1. The average Bonchev–Trinajstić information content (AvgIpc) is 3.26. The molecule has 3 heterocycles. The van der Waals surface area contributed by atoms with E-state index in [1.54, 1.807) is 0 Å². The smallest absolute Gasteiger partial charge is 0.413 e. The molecule has 2 fully saturated rings. The summed E-state index contributed by atoms with van der Waals surface area (Å²) in [7, 11) is 0. The Morgan fingerprint density at radius 3 is 2.50 bits per heavy atom. The lowest BCUT2D eigenvalue weighted by Gasteiger charge is -2.35. The Balaban J connectivity index is 1.73. The van der Waals surface area contributed by atoms with Crippen LogP contribution in [0, 0.1) is 0 Å². The van der Waals surface area contributed by atoms with Crippen LogP contribution in [0.2, 0.25) is 0 Å². The van der Waals surface area contributed by atoms with Gasteiger partial charge in [0.25, 0.3) is 6.43 Å². The van der Waals surface area contributed by atoms with Crippen LogP contribution in [0.25, 0.3) is 10.8 Å². The Morgan fingerprint density at radius 2 is 1.91 bits per heavy atom. The highest BCUT2D eigenvalue weighted by Crippen LogP contribution is 2.37. The van der Waals surface area contributed by atoms with Gasteiger partial charge in [0.15, 0.2) is 10.8 Å². The first-order valence-corrected chi connectivity index (χ1v) is 11.0. The minimum atomic E-state index is -2.82. The van der Waals surface area contributed by atoms with E-state index in [2.05, 4.69) is 15.0 Å². The highest BCUT2D eigenvalue weighted by Gasteiger charge is 2.39. The van der Waals surface area contributed by atoms with E-state index in [0.717, 1.165) is 16.2 Å². The zero-order chi connectivity index (χ0) is 22.9. The highest BCUT2D eigenvalue weighted by atomic mass is 32.1. The summed E-state index contributed by atoms with van der Waals surface area (Å²) in [4.78, 5) is 27.6. The summed E-state index contributed by atoms with van der Waals surface area (Å²) in [5.74, 6) is -2.40. The van der Waals surface area contributed by atoms with E-state index in [-0.39, 0.29) is 29.5 Å². The molecule has 1 amide bonds. The Hall–Kier alpha value is -2.54. The van der Waals surface area contributed by atoms with Crippen LogP contribution in [0.1, 0.15) is 37.8 Å². The zero-order valence-electron chi connectivity index (χ0n) is 16.9. The molecule has 2 aromatic heterocycles. The summed E-state index contributed by atoms with van der Waals surface area (Å²) in [6, 6.07) is 0.803. The quantitative estimate of drug-likeness (QED) is 0.640. The average molecular weight is 475 g/mol. The van der Waals surface area contributed by atoms with Gasteiger partial charge >= 0.3 is 6.09 Å². The summed E-state index contributed by atoms with van der Waals surface area (Å²) in [5.41, 5.74) is -0.420. The Kier molecular flexibility index (Phi) is 6.47. The third kappa shape index (κ3) is 4.93. The number of alkyl halides is 4. The normalized spacial score (nSPS) is 19.3. The molecule has 1 saturated heterocycles. The Bertz CT molecular complexity index is 960. The van der Waals surface area contributed by atoms with Crippen molar-refractivity contribution >= 4 is 29.1 Å². The third-order valence-corrected chi connectivity index (χ3v) is 6.33. The molecule has 0 radical (unpaired) electrons. The van der Waals surface area contributed by atoms with Crippen molar-refractivity contribution in [2.45, 2.75) is 44.1 Å². The minimum Gasteiger partial charge on any atom is -0.465 e. The molecule has 2 aliphatic rings. The van der Waals surface area contributed by atoms with Gasteiger partial charge in [0.05, 0.1) is 13.2 Å². The molecule has 32 heavy (non-hydrogen) atoms. The maximum Gasteiger partial charge on any atom is 0.413 e. The highest BCUT2D eigenvalue weighted by molar-refractivity contribution is 7.13. The molecule has 1 aliphatic heterocycles. The maximum absolute atomic E-state index is 13.6. The van der Waals surface area contributed by atoms with Crippen LogP contribution in [-0.4, -0.2) is 64.4 Å². The monoisotopic (exact) mass is 475 g/mol. The first-order chi connectivity index (χ1) is 15.2. The van der Waals surface area contributed by atoms with Crippen molar-refractivity contribution in [3.8, 4) is 10.8 Å². The number of halogens is 4. The maximum atomic E-state index is 13.6. The number of thiazole rings is 1. The molecule has 1 N–H and O–H groups in total. The van der Waals surface area contributed by atoms with E-state index in [1.165, 1.54) is 11.4 Å². The molecule has 0 bridgehead atoms. The number of aromatic nitrogens is 3. The fraction of sp³-hybridized carbons (Fsp3) is 0.579. The fourth-order valence-electron chi connectivity index (χ4n) is 3.81. The number of ether oxygens (including phenoxy) is 1. The van der Waals surface area contributed by atoms with Gasteiger partial charge in [-0.1, -0.05) is 0 Å². The van der Waals surface area contributed by atoms with Crippen LogP contribution < -0.4 is 9.80 Å². The summed E-state index contributed by atoms with van der Waals surface area (Å²) < 4.78 is 58.6. The number of nitrogens with zero attached hydrogens (tertiary/aromatic N) is 5. The summed E-state index contributed by atoms with van der Waals surface area (Å²) in [5, 5.41) is 11.2. The topological polar surface area (TPSA) is 91.7 Å². The Labute approximate surface area is 184 Å². The molecular weight excluding hydrogens is 454 g/mol. The van der Waals surface area contributed by atoms with Crippen LogP contribution in [0.5, 0.6) is 0 Å². The minimum absolute atomic E-state index is 0.00741. The largest absolute Gasteiger partial charge is 0.465 e. The molecule has 0 spiro atoms. The molecule has 4 rings (SSSR count). The lowest BCUT2D eigenvalue weighted by atomic mass is 9.91.